The van der Waals surface area contributed by atoms with E-state index < -0.39 is 88.7 Å². The van der Waals surface area contributed by atoms with Crippen LogP contribution in [-0.4, -0.2) is 45.4 Å². The van der Waals surface area contributed by atoms with Crippen LogP contribution in [0.1, 0.15) is 51.7 Å². The molecular weight excluding hydrogens is 453 g/mol. The monoisotopic (exact) mass is 471 g/mol. The highest BCUT2D eigenvalue weighted by molar-refractivity contribution is 5.99. The Morgan fingerprint density at radius 3 is 2.52 bits per heavy atom. The number of halogens is 5. The van der Waals surface area contributed by atoms with Crippen LogP contribution in [0.4, 0.5) is 22.0 Å². The van der Waals surface area contributed by atoms with Gasteiger partial charge in [0, 0.05) is 43.4 Å². The highest BCUT2D eigenvalue weighted by Gasteiger charge is 2.42. The molecule has 1 unspecified atom stereocenters. The summed E-state index contributed by atoms with van der Waals surface area (Å²) in [4.78, 5) is 38.7. The Hall–Kier alpha value is -3.44. The second-order valence-electron chi connectivity index (χ2n) is 8.09. The Morgan fingerprint density at radius 2 is 1.85 bits per heavy atom. The van der Waals surface area contributed by atoms with Gasteiger partial charge in [0.25, 0.3) is 17.7 Å². The second-order valence-corrected chi connectivity index (χ2v) is 8.09. The molecule has 1 saturated heterocycles. The number of nitrogens with one attached hydrogen (secondary N) is 1. The van der Waals surface area contributed by atoms with Crippen LogP contribution in [0.25, 0.3) is 0 Å². The Balaban J connectivity index is 1.67. The first-order chi connectivity index (χ1) is 15.5. The van der Waals surface area contributed by atoms with E-state index in [4.69, 9.17) is 0 Å². The van der Waals surface area contributed by atoms with Crippen LogP contribution in [0.2, 0.25) is 0 Å². The molecular formula is C21H18F5N3O4. The van der Waals surface area contributed by atoms with Gasteiger partial charge in [-0.15, -0.1) is 0 Å². The van der Waals surface area contributed by atoms with Crippen LogP contribution in [0.3, 0.4) is 0 Å². The average Bonchev–Trinajstić information content (AvgIpc) is 2.70. The topological polar surface area (TPSA) is 91.6 Å². The normalized spacial score (nSPS) is 19.5. The Labute approximate surface area is 183 Å². The number of aromatic nitrogens is 1. The highest BCUT2D eigenvalue weighted by Crippen LogP contribution is 2.35. The first kappa shape index (κ1) is 22.7. The molecule has 1 fully saturated rings. The van der Waals surface area contributed by atoms with Gasteiger partial charge in [0.1, 0.15) is 23.0 Å². The number of carbonyl (C=O) groups excluding carboxylic acids is 2. The van der Waals surface area contributed by atoms with E-state index in [0.29, 0.717) is 12.1 Å². The van der Waals surface area contributed by atoms with E-state index in [1.54, 1.807) is 0 Å². The largest absolute Gasteiger partial charge is 0.503 e. The number of aromatic hydroxyl groups is 1. The van der Waals surface area contributed by atoms with Gasteiger partial charge in [-0.1, -0.05) is 0 Å². The molecule has 12 heteroatoms. The lowest BCUT2D eigenvalue weighted by molar-refractivity contribution is -0.0488. The van der Waals surface area contributed by atoms with E-state index in [-0.39, 0.29) is 19.4 Å². The number of rotatable bonds is 3. The van der Waals surface area contributed by atoms with Crippen molar-refractivity contribution in [1.82, 2.24) is 14.8 Å². The molecule has 33 heavy (non-hydrogen) atoms. The number of alkyl halides is 2. The molecule has 3 heterocycles. The van der Waals surface area contributed by atoms with E-state index >= 15 is 0 Å². The maximum absolute atomic E-state index is 14.0. The van der Waals surface area contributed by atoms with E-state index in [0.717, 1.165) is 11.1 Å². The molecule has 0 spiro atoms. The highest BCUT2D eigenvalue weighted by atomic mass is 19.3. The van der Waals surface area contributed by atoms with Crippen molar-refractivity contribution in [2.24, 2.45) is 0 Å². The van der Waals surface area contributed by atoms with Gasteiger partial charge in [0.15, 0.2) is 11.4 Å². The molecule has 1 aromatic carbocycles. The van der Waals surface area contributed by atoms with Crippen LogP contribution in [0, 0.1) is 17.5 Å². The molecule has 0 aliphatic carbocycles. The van der Waals surface area contributed by atoms with Crippen molar-refractivity contribution in [3.8, 4) is 5.75 Å². The fraction of sp³-hybridized carbons (Fsp3) is 0.381. The summed E-state index contributed by atoms with van der Waals surface area (Å²) in [6, 6.07) is 0.290. The zero-order valence-electron chi connectivity index (χ0n) is 17.0. The average molecular weight is 471 g/mol. The Morgan fingerprint density at radius 1 is 1.18 bits per heavy atom. The van der Waals surface area contributed by atoms with Crippen LogP contribution in [-0.2, 0) is 6.54 Å². The summed E-state index contributed by atoms with van der Waals surface area (Å²) in [6.07, 6.45) is 0.888. The SMILES string of the molecule is O=C(NCc1c(F)cc(F)cc1F)c1cn2c(c(O)c1=O)C(=O)N1CC2CCCC(F)(F)C1. The van der Waals surface area contributed by atoms with Crippen LogP contribution < -0.4 is 10.7 Å². The predicted octanol–water partition coefficient (Wildman–Crippen LogP) is 2.72. The first-order valence-electron chi connectivity index (χ1n) is 10.1. The molecule has 1 atom stereocenters. The summed E-state index contributed by atoms with van der Waals surface area (Å²) in [7, 11) is 0. The van der Waals surface area contributed by atoms with Crippen molar-refractivity contribution < 1.29 is 36.6 Å². The molecule has 2 N–H and O–H groups in total. The molecule has 2 aliphatic heterocycles. The van der Waals surface area contributed by atoms with Gasteiger partial charge in [0.05, 0.1) is 12.6 Å². The fourth-order valence-electron chi connectivity index (χ4n) is 4.18. The summed E-state index contributed by atoms with van der Waals surface area (Å²) >= 11 is 0. The molecule has 176 valence electrons. The predicted molar refractivity (Wildman–Crippen MR) is 104 cm³/mol. The number of fused-ring (bicyclic) bond motifs is 4. The van der Waals surface area contributed by atoms with Gasteiger partial charge in [-0.2, -0.15) is 0 Å². The summed E-state index contributed by atoms with van der Waals surface area (Å²) in [6.45, 7) is -1.67. The van der Waals surface area contributed by atoms with Gasteiger partial charge in [-0.3, -0.25) is 14.4 Å². The van der Waals surface area contributed by atoms with Crippen LogP contribution in [0.5, 0.6) is 5.75 Å². The standard InChI is InChI=1S/C21H18F5N3O4/c22-10-4-14(23)12(15(24)5-10)6-27-19(32)13-8-29-11-2-1-3-21(25,26)9-28(7-11)20(33)16(29)18(31)17(13)30/h4-5,8,11,31H,1-3,6-7,9H2,(H,27,32). The molecule has 0 radical (unpaired) electrons. The smallest absolute Gasteiger partial charge is 0.274 e. The summed E-state index contributed by atoms with van der Waals surface area (Å²) in [5, 5.41) is 12.5. The van der Waals surface area contributed by atoms with Crippen LogP contribution >= 0.6 is 0 Å². The summed E-state index contributed by atoms with van der Waals surface area (Å²) < 4.78 is 69.9. The zero-order chi connectivity index (χ0) is 24.1. The fourth-order valence-corrected chi connectivity index (χ4v) is 4.18. The van der Waals surface area contributed by atoms with Crippen molar-refractivity contribution >= 4 is 11.8 Å². The summed E-state index contributed by atoms with van der Waals surface area (Å²) in [5.41, 5.74) is -2.98. The van der Waals surface area contributed by atoms with Gasteiger partial charge < -0.3 is 19.9 Å². The summed E-state index contributed by atoms with van der Waals surface area (Å²) in [5.74, 6) is -9.88. The number of pyridine rings is 1. The molecule has 0 saturated carbocycles. The van der Waals surface area contributed by atoms with E-state index in [2.05, 4.69) is 5.32 Å². The van der Waals surface area contributed by atoms with E-state index in [1.807, 2.05) is 0 Å². The van der Waals surface area contributed by atoms with Crippen molar-refractivity contribution in [2.75, 3.05) is 13.1 Å². The number of carbonyl (C=O) groups is 2. The van der Waals surface area contributed by atoms with Gasteiger partial charge >= 0.3 is 0 Å². The van der Waals surface area contributed by atoms with Crippen LogP contribution in [0.15, 0.2) is 23.1 Å². The number of amides is 2. The third-order valence-corrected chi connectivity index (χ3v) is 5.80. The first-order valence-corrected chi connectivity index (χ1v) is 10.1. The minimum Gasteiger partial charge on any atom is -0.503 e. The molecule has 7 nitrogen and oxygen atoms in total. The van der Waals surface area contributed by atoms with Crippen molar-refractivity contribution in [3.05, 3.63) is 62.8 Å². The molecule has 2 bridgehead atoms. The number of benzene rings is 1. The lowest BCUT2D eigenvalue weighted by Gasteiger charge is -2.40. The van der Waals surface area contributed by atoms with Gasteiger partial charge in [-0.25, -0.2) is 22.0 Å². The quantitative estimate of drug-likeness (QED) is 0.674. The second kappa shape index (κ2) is 8.16. The lowest BCUT2D eigenvalue weighted by Crippen LogP contribution is -2.50. The molecule has 2 aliphatic rings. The van der Waals surface area contributed by atoms with Crippen molar-refractivity contribution in [2.45, 2.75) is 37.8 Å². The van der Waals surface area contributed by atoms with Gasteiger partial charge in [-0.05, 0) is 12.8 Å². The Kier molecular flexibility index (Phi) is 5.62. The van der Waals surface area contributed by atoms with Crippen molar-refractivity contribution in [1.29, 1.82) is 0 Å². The lowest BCUT2D eigenvalue weighted by atomic mass is 9.97. The maximum atomic E-state index is 14.0. The minimum atomic E-state index is -3.11. The number of hydrogen-bond acceptors (Lipinski definition) is 4. The molecule has 2 amide bonds. The van der Waals surface area contributed by atoms with Gasteiger partial charge in [0.2, 0.25) is 5.43 Å². The van der Waals surface area contributed by atoms with E-state index in [9.17, 15) is 41.4 Å². The number of hydrogen-bond donors (Lipinski definition) is 2. The third kappa shape index (κ3) is 4.16. The maximum Gasteiger partial charge on any atom is 0.274 e. The third-order valence-electron chi connectivity index (χ3n) is 5.80. The Bertz CT molecular complexity index is 1190. The molecule has 2 aromatic rings. The molecule has 4 rings (SSSR count). The molecule has 1 aromatic heterocycles. The van der Waals surface area contributed by atoms with Crippen molar-refractivity contribution in [3.63, 3.8) is 0 Å². The van der Waals surface area contributed by atoms with E-state index in [1.165, 1.54) is 4.57 Å². The zero-order valence-corrected chi connectivity index (χ0v) is 17.0. The number of nitrogens with zero attached hydrogens (tertiary/aromatic N) is 2. The minimum absolute atomic E-state index is 0.100.